The zero-order valence-electron chi connectivity index (χ0n) is 15.9. The lowest BCUT2D eigenvalue weighted by Crippen LogP contribution is -2.42. The minimum absolute atomic E-state index is 0.0793. The van der Waals surface area contributed by atoms with Gasteiger partial charge in [0, 0.05) is 19.1 Å². The second kappa shape index (κ2) is 8.32. The fourth-order valence-electron chi connectivity index (χ4n) is 2.98. The van der Waals surface area contributed by atoms with Crippen molar-refractivity contribution < 1.29 is 31.1 Å². The Morgan fingerprint density at radius 3 is 2.47 bits per heavy atom. The molecule has 3 heterocycles. The van der Waals surface area contributed by atoms with E-state index in [9.17, 15) is 31.1 Å². The molecule has 1 atom stereocenters. The number of nitrogens with one attached hydrogen (secondary N) is 1. The lowest BCUT2D eigenvalue weighted by atomic mass is 10.1. The van der Waals surface area contributed by atoms with Crippen molar-refractivity contribution in [1.82, 2.24) is 19.3 Å². The molecule has 0 amide bonds. The Bertz CT molecular complexity index is 1020. The topological polar surface area (TPSA) is 108 Å². The molecule has 0 aromatic carbocycles. The molecule has 14 heteroatoms. The average molecular weight is 469 g/mol. The highest BCUT2D eigenvalue weighted by Gasteiger charge is 2.39. The van der Waals surface area contributed by atoms with E-state index in [0.717, 1.165) is 12.5 Å². The van der Waals surface area contributed by atoms with Crippen molar-refractivity contribution in [2.24, 2.45) is 0 Å². The van der Waals surface area contributed by atoms with E-state index in [2.05, 4.69) is 20.3 Å². The van der Waals surface area contributed by atoms with E-state index in [4.69, 9.17) is 0 Å². The van der Waals surface area contributed by atoms with Gasteiger partial charge in [-0.1, -0.05) is 0 Å². The Morgan fingerprint density at radius 2 is 1.93 bits per heavy atom. The highest BCUT2D eigenvalue weighted by Crippen LogP contribution is 2.41. The predicted molar refractivity (Wildman–Crippen MR) is 102 cm³/mol. The van der Waals surface area contributed by atoms with Crippen LogP contribution in [-0.2, 0) is 16.2 Å². The van der Waals surface area contributed by atoms with Crippen LogP contribution >= 0.6 is 11.3 Å². The summed E-state index contributed by atoms with van der Waals surface area (Å²) >= 11 is 0.507. The van der Waals surface area contributed by atoms with Gasteiger partial charge < -0.3 is 10.4 Å². The van der Waals surface area contributed by atoms with Gasteiger partial charge >= 0.3 is 6.18 Å². The molecular weight excluding hydrogens is 450 g/mol. The Labute approximate surface area is 174 Å². The minimum Gasteiger partial charge on any atom is -0.386 e. The summed E-state index contributed by atoms with van der Waals surface area (Å²) < 4.78 is 78.9. The first-order valence-electron chi connectivity index (χ1n) is 8.87. The fourth-order valence-corrected chi connectivity index (χ4v) is 4.87. The van der Waals surface area contributed by atoms with E-state index in [1.54, 1.807) is 0 Å². The van der Waals surface area contributed by atoms with Gasteiger partial charge in [-0.25, -0.2) is 32.1 Å². The third kappa shape index (κ3) is 5.04. The van der Waals surface area contributed by atoms with Crippen molar-refractivity contribution in [3.8, 4) is 10.6 Å². The van der Waals surface area contributed by atoms with Crippen LogP contribution in [0, 0.1) is 5.82 Å². The van der Waals surface area contributed by atoms with Gasteiger partial charge in [-0.2, -0.15) is 13.2 Å². The van der Waals surface area contributed by atoms with Gasteiger partial charge in [-0.15, -0.1) is 11.3 Å². The quantitative estimate of drug-likeness (QED) is 0.648. The van der Waals surface area contributed by atoms with Crippen LogP contribution in [0.4, 0.5) is 23.5 Å². The Kier molecular flexibility index (Phi) is 6.32. The molecule has 2 aromatic heterocycles. The second-order valence-corrected chi connectivity index (χ2v) is 9.89. The molecule has 2 aromatic rings. The van der Waals surface area contributed by atoms with Gasteiger partial charge in [0.05, 0.1) is 17.3 Å². The molecule has 1 saturated heterocycles. The first-order valence-corrected chi connectivity index (χ1v) is 11.5. The van der Waals surface area contributed by atoms with E-state index >= 15 is 0 Å². The van der Waals surface area contributed by atoms with Crippen molar-refractivity contribution in [1.29, 1.82) is 0 Å². The number of sulfonamides is 1. The first kappa shape index (κ1) is 22.8. The largest absolute Gasteiger partial charge is 0.434 e. The van der Waals surface area contributed by atoms with E-state index in [0.29, 0.717) is 24.2 Å². The van der Waals surface area contributed by atoms with Crippen LogP contribution in [0.15, 0.2) is 6.20 Å². The van der Waals surface area contributed by atoms with Crippen molar-refractivity contribution in [2.45, 2.75) is 38.1 Å². The van der Waals surface area contributed by atoms with E-state index in [1.165, 1.54) is 11.2 Å². The summed E-state index contributed by atoms with van der Waals surface area (Å²) in [5.41, 5.74) is -1.90. The first-order chi connectivity index (χ1) is 13.9. The molecule has 30 heavy (non-hydrogen) atoms. The summed E-state index contributed by atoms with van der Waals surface area (Å²) in [6, 6.07) is -0.224. The number of hydrogen-bond donors (Lipinski definition) is 2. The zero-order chi connectivity index (χ0) is 22.3. The van der Waals surface area contributed by atoms with Crippen LogP contribution in [0.25, 0.3) is 10.6 Å². The van der Waals surface area contributed by atoms with E-state index in [-0.39, 0.29) is 30.1 Å². The normalized spacial score (nSPS) is 17.8. The van der Waals surface area contributed by atoms with Gasteiger partial charge in [0.15, 0.2) is 11.5 Å². The molecule has 0 spiro atoms. The number of nitrogens with zero attached hydrogens (tertiary/aromatic N) is 4. The molecule has 166 valence electrons. The number of halogens is 4. The second-order valence-electron chi connectivity index (χ2n) is 6.87. The van der Waals surface area contributed by atoms with Crippen molar-refractivity contribution in [3.05, 3.63) is 22.7 Å². The van der Waals surface area contributed by atoms with Crippen LogP contribution in [0.3, 0.4) is 0 Å². The molecule has 2 N–H and O–H groups in total. The third-order valence-electron chi connectivity index (χ3n) is 4.48. The van der Waals surface area contributed by atoms with Crippen molar-refractivity contribution in [2.75, 3.05) is 24.7 Å². The molecule has 1 aliphatic rings. The molecule has 0 radical (unpaired) electrons. The van der Waals surface area contributed by atoms with Crippen molar-refractivity contribution >= 4 is 27.3 Å². The number of alkyl halides is 3. The Balaban J connectivity index is 1.87. The van der Waals surface area contributed by atoms with Crippen LogP contribution < -0.4 is 5.32 Å². The Morgan fingerprint density at radius 1 is 1.30 bits per heavy atom. The van der Waals surface area contributed by atoms with Crippen molar-refractivity contribution in [3.63, 3.8) is 0 Å². The van der Waals surface area contributed by atoms with Gasteiger partial charge in [0.2, 0.25) is 16.0 Å². The summed E-state index contributed by atoms with van der Waals surface area (Å²) in [7, 11) is -3.30. The smallest absolute Gasteiger partial charge is 0.386 e. The van der Waals surface area contributed by atoms with E-state index < -0.39 is 44.4 Å². The van der Waals surface area contributed by atoms with Crippen LogP contribution in [-0.4, -0.2) is 58.2 Å². The number of aliphatic hydroxyl groups excluding tert-OH is 1. The maximum absolute atomic E-state index is 14.3. The molecule has 0 aliphatic carbocycles. The van der Waals surface area contributed by atoms with Crippen LogP contribution in [0.1, 0.15) is 36.6 Å². The summed E-state index contributed by atoms with van der Waals surface area (Å²) in [5, 5.41) is 12.3. The number of anilines is 1. The highest BCUT2D eigenvalue weighted by molar-refractivity contribution is 7.88. The monoisotopic (exact) mass is 469 g/mol. The fraction of sp³-hybridized carbons (Fsp3) is 0.562. The number of aliphatic hydroxyl groups is 1. The molecular formula is C16H19F4N5O3S2. The number of rotatable bonds is 5. The SMILES string of the molecule is CC(O)c1nc(C(F)(F)F)c(-c2nc(NC3CCN(S(C)(=O)=O)CC3)ncc2F)s1. The summed E-state index contributed by atoms with van der Waals surface area (Å²) in [6.45, 7) is 1.81. The molecule has 0 saturated carbocycles. The van der Waals surface area contributed by atoms with Gasteiger partial charge in [0.1, 0.15) is 16.8 Å². The van der Waals surface area contributed by atoms with Crippen LogP contribution in [0.2, 0.25) is 0 Å². The number of hydrogen-bond acceptors (Lipinski definition) is 8. The molecule has 1 unspecified atom stereocenters. The molecule has 1 fully saturated rings. The molecule has 0 bridgehead atoms. The molecule has 1 aliphatic heterocycles. The summed E-state index contributed by atoms with van der Waals surface area (Å²) in [4.78, 5) is 10.6. The molecule has 8 nitrogen and oxygen atoms in total. The number of piperidine rings is 1. The van der Waals surface area contributed by atoms with E-state index in [1.807, 2.05) is 0 Å². The standard InChI is InChI=1S/C16H19F4N5O3S2/c1-8(26)14-24-13(16(18,19)20)12(29-14)11-10(17)7-21-15(23-11)22-9-3-5-25(6-4-9)30(2,27)28/h7-9,26H,3-6H2,1-2H3,(H,21,22,23). The Hall–Kier alpha value is -1.90. The lowest BCUT2D eigenvalue weighted by molar-refractivity contribution is -0.140. The van der Waals surface area contributed by atoms with Crippen LogP contribution in [0.5, 0.6) is 0 Å². The molecule has 3 rings (SSSR count). The van der Waals surface area contributed by atoms with Gasteiger partial charge in [-0.3, -0.25) is 0 Å². The summed E-state index contributed by atoms with van der Waals surface area (Å²) in [6.07, 6.45) is -3.37. The van der Waals surface area contributed by atoms with Gasteiger partial charge in [0.25, 0.3) is 0 Å². The van der Waals surface area contributed by atoms with Gasteiger partial charge in [-0.05, 0) is 19.8 Å². The minimum atomic E-state index is -4.86. The summed E-state index contributed by atoms with van der Waals surface area (Å²) in [5.74, 6) is -1.14. The maximum Gasteiger partial charge on any atom is 0.434 e. The highest BCUT2D eigenvalue weighted by atomic mass is 32.2. The maximum atomic E-state index is 14.3. The number of aromatic nitrogens is 3. The lowest BCUT2D eigenvalue weighted by Gasteiger charge is -2.30. The zero-order valence-corrected chi connectivity index (χ0v) is 17.6. The third-order valence-corrected chi connectivity index (χ3v) is 7.02. The number of thiazole rings is 1. The average Bonchev–Trinajstić information content (AvgIpc) is 3.09. The predicted octanol–water partition coefficient (Wildman–Crippen LogP) is 2.65.